The number of halogens is 1. The molecule has 20 heavy (non-hydrogen) atoms. The van der Waals surface area contributed by atoms with Gasteiger partial charge < -0.3 is 10.2 Å². The van der Waals surface area contributed by atoms with Crippen LogP contribution < -0.4 is 5.32 Å². The minimum atomic E-state index is -0.0169. The third-order valence-corrected chi connectivity index (χ3v) is 4.21. The number of thioether (sulfide) groups is 1. The molecule has 0 atom stereocenters. The zero-order valence-electron chi connectivity index (χ0n) is 11.1. The van der Waals surface area contributed by atoms with Gasteiger partial charge in [0.25, 0.3) is 5.24 Å². The predicted octanol–water partition coefficient (Wildman–Crippen LogP) is 2.56. The molecule has 1 heterocycles. The van der Waals surface area contributed by atoms with Gasteiger partial charge in [-0.25, -0.2) is 0 Å². The first-order valence-corrected chi connectivity index (χ1v) is 7.94. The smallest absolute Gasteiger partial charge is 0.281 e. The van der Waals surface area contributed by atoms with E-state index in [2.05, 4.69) is 5.32 Å². The molecule has 108 valence electrons. The van der Waals surface area contributed by atoms with E-state index in [-0.39, 0.29) is 11.1 Å². The Morgan fingerprint density at radius 2 is 2.30 bits per heavy atom. The minimum absolute atomic E-state index is 0.0169. The number of nitrogens with one attached hydrogen (secondary N) is 1. The molecule has 1 N–H and O–H groups in total. The first-order valence-electron chi connectivity index (χ1n) is 6.58. The first kappa shape index (κ1) is 15.2. The highest BCUT2D eigenvalue weighted by molar-refractivity contribution is 8.13. The number of benzene rings is 1. The summed E-state index contributed by atoms with van der Waals surface area (Å²) in [5.74, 6) is 0.812. The number of nitrogens with zero attached hydrogens (tertiary/aromatic N) is 1. The van der Waals surface area contributed by atoms with Crippen molar-refractivity contribution in [1.29, 1.82) is 0 Å². The van der Waals surface area contributed by atoms with Gasteiger partial charge in [-0.3, -0.25) is 9.59 Å². The van der Waals surface area contributed by atoms with Crippen LogP contribution >= 0.6 is 23.4 Å². The summed E-state index contributed by atoms with van der Waals surface area (Å²) in [7, 11) is 0. The molecular formula is C14H17ClN2O2S. The molecule has 1 aliphatic rings. The van der Waals surface area contributed by atoms with Gasteiger partial charge in [-0.2, -0.15) is 0 Å². The summed E-state index contributed by atoms with van der Waals surface area (Å²) in [5.41, 5.74) is 1.10. The van der Waals surface area contributed by atoms with Crippen LogP contribution in [0.25, 0.3) is 0 Å². The Hall–Kier alpha value is -1.20. The second kappa shape index (κ2) is 7.55. The van der Waals surface area contributed by atoms with E-state index >= 15 is 0 Å². The van der Waals surface area contributed by atoms with Crippen LogP contribution in [0.5, 0.6) is 0 Å². The van der Waals surface area contributed by atoms with Crippen LogP contribution in [0.4, 0.5) is 4.79 Å². The number of hydrogen-bond acceptors (Lipinski definition) is 3. The van der Waals surface area contributed by atoms with E-state index in [1.807, 2.05) is 24.3 Å². The number of rotatable bonds is 6. The molecule has 0 radical (unpaired) electrons. The van der Waals surface area contributed by atoms with Crippen molar-refractivity contribution in [1.82, 2.24) is 10.2 Å². The highest BCUT2D eigenvalue weighted by Crippen LogP contribution is 2.17. The van der Waals surface area contributed by atoms with Crippen molar-refractivity contribution in [2.45, 2.75) is 12.8 Å². The highest BCUT2D eigenvalue weighted by Gasteiger charge is 2.21. The second-order valence-corrected chi connectivity index (χ2v) is 6.06. The standard InChI is InChI=1S/C14H17ClN2O2S/c15-12-3-1-2-11(10-12)4-6-16-13(18)5-7-17-8-9-20-14(17)19/h1-3,10H,4-9H2,(H,16,18). The lowest BCUT2D eigenvalue weighted by Crippen LogP contribution is -2.31. The van der Waals surface area contributed by atoms with E-state index in [9.17, 15) is 9.59 Å². The fourth-order valence-corrected chi connectivity index (χ4v) is 3.06. The van der Waals surface area contributed by atoms with Gasteiger partial charge in [-0.05, 0) is 24.1 Å². The summed E-state index contributed by atoms with van der Waals surface area (Å²) in [6, 6.07) is 7.61. The Morgan fingerprint density at radius 1 is 1.45 bits per heavy atom. The van der Waals surface area contributed by atoms with Crippen molar-refractivity contribution in [2.75, 3.05) is 25.4 Å². The molecule has 2 rings (SSSR count). The maximum absolute atomic E-state index is 11.7. The Labute approximate surface area is 127 Å². The summed E-state index contributed by atoms with van der Waals surface area (Å²) < 4.78 is 0. The molecule has 0 unspecified atom stereocenters. The van der Waals surface area contributed by atoms with Crippen molar-refractivity contribution in [2.24, 2.45) is 0 Å². The zero-order valence-corrected chi connectivity index (χ0v) is 12.7. The molecule has 0 aliphatic carbocycles. The summed E-state index contributed by atoms with van der Waals surface area (Å²) >= 11 is 7.21. The van der Waals surface area contributed by atoms with E-state index in [0.717, 1.165) is 24.3 Å². The van der Waals surface area contributed by atoms with Gasteiger partial charge >= 0.3 is 0 Å². The Balaban J connectivity index is 1.64. The second-order valence-electron chi connectivity index (χ2n) is 4.58. The maximum Gasteiger partial charge on any atom is 0.281 e. The quantitative estimate of drug-likeness (QED) is 0.878. The van der Waals surface area contributed by atoms with E-state index in [1.54, 1.807) is 4.90 Å². The number of carbonyl (C=O) groups excluding carboxylic acids is 2. The van der Waals surface area contributed by atoms with Crippen molar-refractivity contribution in [3.8, 4) is 0 Å². The van der Waals surface area contributed by atoms with E-state index in [4.69, 9.17) is 11.6 Å². The molecule has 6 heteroatoms. The normalized spacial score (nSPS) is 14.7. The largest absolute Gasteiger partial charge is 0.356 e. The van der Waals surface area contributed by atoms with Gasteiger partial charge in [-0.1, -0.05) is 35.5 Å². The molecule has 1 aliphatic heterocycles. The van der Waals surface area contributed by atoms with Crippen LogP contribution in [-0.4, -0.2) is 41.4 Å². The third kappa shape index (κ3) is 4.72. The Morgan fingerprint density at radius 3 is 3.00 bits per heavy atom. The van der Waals surface area contributed by atoms with Crippen LogP contribution in [0.2, 0.25) is 5.02 Å². The van der Waals surface area contributed by atoms with Crippen molar-refractivity contribution < 1.29 is 9.59 Å². The SMILES string of the molecule is O=C(CCN1CCSC1=O)NCCc1cccc(Cl)c1. The lowest BCUT2D eigenvalue weighted by molar-refractivity contribution is -0.121. The molecular weight excluding hydrogens is 296 g/mol. The monoisotopic (exact) mass is 312 g/mol. The summed E-state index contributed by atoms with van der Waals surface area (Å²) in [6.07, 6.45) is 1.12. The van der Waals surface area contributed by atoms with Crippen LogP contribution in [0, 0.1) is 0 Å². The van der Waals surface area contributed by atoms with Crippen molar-refractivity contribution in [3.05, 3.63) is 34.9 Å². The summed E-state index contributed by atoms with van der Waals surface area (Å²) in [6.45, 7) is 1.84. The molecule has 1 fully saturated rings. The van der Waals surface area contributed by atoms with Crippen LogP contribution in [0.1, 0.15) is 12.0 Å². The molecule has 0 aromatic heterocycles. The molecule has 1 aromatic rings. The topological polar surface area (TPSA) is 49.4 Å². The number of amides is 2. The number of hydrogen-bond donors (Lipinski definition) is 1. The Kier molecular flexibility index (Phi) is 5.73. The van der Waals surface area contributed by atoms with Crippen LogP contribution in [0.3, 0.4) is 0 Å². The average Bonchev–Trinajstić information content (AvgIpc) is 2.82. The zero-order chi connectivity index (χ0) is 14.4. The maximum atomic E-state index is 11.7. The van der Waals surface area contributed by atoms with Gasteiger partial charge in [0, 0.05) is 36.8 Å². The lowest BCUT2D eigenvalue weighted by atomic mass is 10.1. The molecule has 0 saturated carbocycles. The first-order chi connectivity index (χ1) is 9.65. The van der Waals surface area contributed by atoms with E-state index < -0.39 is 0 Å². The van der Waals surface area contributed by atoms with Crippen molar-refractivity contribution in [3.63, 3.8) is 0 Å². The van der Waals surface area contributed by atoms with Gasteiger partial charge in [0.05, 0.1) is 0 Å². The van der Waals surface area contributed by atoms with Crippen molar-refractivity contribution >= 4 is 34.5 Å². The number of carbonyl (C=O) groups is 2. The van der Waals surface area contributed by atoms with E-state index in [0.29, 0.717) is 24.5 Å². The fraction of sp³-hybridized carbons (Fsp3) is 0.429. The van der Waals surface area contributed by atoms with Gasteiger partial charge in [-0.15, -0.1) is 0 Å². The van der Waals surface area contributed by atoms with Crippen LogP contribution in [-0.2, 0) is 11.2 Å². The lowest BCUT2D eigenvalue weighted by Gasteiger charge is -2.13. The van der Waals surface area contributed by atoms with Crippen LogP contribution in [0.15, 0.2) is 24.3 Å². The minimum Gasteiger partial charge on any atom is -0.356 e. The van der Waals surface area contributed by atoms with Gasteiger partial charge in [0.1, 0.15) is 0 Å². The van der Waals surface area contributed by atoms with E-state index in [1.165, 1.54) is 11.8 Å². The molecule has 1 saturated heterocycles. The fourth-order valence-electron chi connectivity index (χ4n) is 1.99. The molecule has 4 nitrogen and oxygen atoms in total. The highest BCUT2D eigenvalue weighted by atomic mass is 35.5. The summed E-state index contributed by atoms with van der Waals surface area (Å²) in [4.78, 5) is 24.8. The average molecular weight is 313 g/mol. The molecule has 2 amide bonds. The Bertz CT molecular complexity index is 496. The molecule has 0 spiro atoms. The van der Waals surface area contributed by atoms with Gasteiger partial charge in [0.2, 0.25) is 5.91 Å². The van der Waals surface area contributed by atoms with Gasteiger partial charge in [0.15, 0.2) is 0 Å². The predicted molar refractivity (Wildman–Crippen MR) is 82.2 cm³/mol. The molecule has 0 bridgehead atoms. The summed E-state index contributed by atoms with van der Waals surface area (Å²) in [5, 5.41) is 3.65. The molecule has 1 aromatic carbocycles. The third-order valence-electron chi connectivity index (χ3n) is 3.08.